The number of carbonyl (C=O) groups is 2. The largest absolute Gasteiger partial charge is 0.480 e. The summed E-state index contributed by atoms with van der Waals surface area (Å²) in [5.41, 5.74) is 0.824. The Labute approximate surface area is 125 Å². The molecule has 0 aromatic heterocycles. The van der Waals surface area contributed by atoms with E-state index in [4.69, 9.17) is 0 Å². The van der Waals surface area contributed by atoms with Crippen molar-refractivity contribution >= 4 is 11.9 Å². The molecule has 1 amide bonds. The molecule has 21 heavy (non-hydrogen) atoms. The fourth-order valence-electron chi connectivity index (χ4n) is 2.85. The average molecular weight is 290 g/mol. The second-order valence-corrected chi connectivity index (χ2v) is 5.57. The number of likely N-dealkylation sites (tertiary alicyclic amines) is 1. The molecule has 0 saturated carbocycles. The maximum absolute atomic E-state index is 11.6. The summed E-state index contributed by atoms with van der Waals surface area (Å²) in [5, 5.41) is 12.4. The third-order valence-electron chi connectivity index (χ3n) is 4.00. The van der Waals surface area contributed by atoms with Crippen LogP contribution in [0.4, 0.5) is 0 Å². The summed E-state index contributed by atoms with van der Waals surface area (Å²) in [6.07, 6.45) is 1.83. The minimum absolute atomic E-state index is 0.00914. The lowest BCUT2D eigenvalue weighted by Crippen LogP contribution is -2.42. The standard InChI is InChI=1S/C16H22N2O3/c1-12(19)17-11-13-7-9-18(10-8-13)15(16(20)21)14-5-3-2-4-6-14/h2-6,13,15H,7-11H2,1H3,(H,17,19)(H,20,21). The third kappa shape index (κ3) is 4.29. The van der Waals surface area contributed by atoms with E-state index in [1.54, 1.807) is 0 Å². The first kappa shape index (κ1) is 15.5. The average Bonchev–Trinajstić information content (AvgIpc) is 2.47. The van der Waals surface area contributed by atoms with Gasteiger partial charge in [-0.1, -0.05) is 30.3 Å². The Morgan fingerprint density at radius 1 is 1.29 bits per heavy atom. The second-order valence-electron chi connectivity index (χ2n) is 5.57. The summed E-state index contributed by atoms with van der Waals surface area (Å²) < 4.78 is 0. The Morgan fingerprint density at radius 2 is 1.90 bits per heavy atom. The number of hydrogen-bond acceptors (Lipinski definition) is 3. The quantitative estimate of drug-likeness (QED) is 0.865. The molecule has 1 heterocycles. The van der Waals surface area contributed by atoms with Gasteiger partial charge in [0.05, 0.1) is 0 Å². The smallest absolute Gasteiger partial charge is 0.325 e. The van der Waals surface area contributed by atoms with Crippen molar-refractivity contribution in [1.29, 1.82) is 0 Å². The molecule has 1 aliphatic heterocycles. The van der Waals surface area contributed by atoms with Crippen LogP contribution in [0.1, 0.15) is 31.4 Å². The van der Waals surface area contributed by atoms with Gasteiger partial charge in [0.1, 0.15) is 6.04 Å². The predicted octanol–water partition coefficient (Wildman–Crippen LogP) is 1.66. The molecule has 1 aromatic carbocycles. The van der Waals surface area contributed by atoms with Crippen molar-refractivity contribution in [2.45, 2.75) is 25.8 Å². The molecule has 1 fully saturated rings. The van der Waals surface area contributed by atoms with Crippen molar-refractivity contribution in [1.82, 2.24) is 10.2 Å². The maximum Gasteiger partial charge on any atom is 0.325 e. The summed E-state index contributed by atoms with van der Waals surface area (Å²) in [4.78, 5) is 24.5. The van der Waals surface area contributed by atoms with Crippen LogP contribution in [0.3, 0.4) is 0 Å². The minimum atomic E-state index is -0.804. The van der Waals surface area contributed by atoms with Gasteiger partial charge in [-0.2, -0.15) is 0 Å². The van der Waals surface area contributed by atoms with Crippen LogP contribution in [0.5, 0.6) is 0 Å². The van der Waals surface area contributed by atoms with Crippen molar-refractivity contribution in [3.8, 4) is 0 Å². The van der Waals surface area contributed by atoms with Gasteiger partial charge in [-0.05, 0) is 37.4 Å². The first-order chi connectivity index (χ1) is 10.1. The van der Waals surface area contributed by atoms with E-state index < -0.39 is 12.0 Å². The molecule has 1 aromatic rings. The van der Waals surface area contributed by atoms with Gasteiger partial charge in [0.2, 0.25) is 5.91 Å². The van der Waals surface area contributed by atoms with Gasteiger partial charge in [0.25, 0.3) is 0 Å². The van der Waals surface area contributed by atoms with Crippen molar-refractivity contribution < 1.29 is 14.7 Å². The zero-order valence-corrected chi connectivity index (χ0v) is 12.3. The van der Waals surface area contributed by atoms with Crippen LogP contribution in [-0.2, 0) is 9.59 Å². The number of carboxylic acid groups (broad SMARTS) is 1. The Kier molecular flexibility index (Phi) is 5.33. The molecular formula is C16H22N2O3. The Morgan fingerprint density at radius 3 is 2.43 bits per heavy atom. The van der Waals surface area contributed by atoms with E-state index in [-0.39, 0.29) is 5.91 Å². The summed E-state index contributed by atoms with van der Waals surface area (Å²) in [6.45, 7) is 3.70. The lowest BCUT2D eigenvalue weighted by Gasteiger charge is -2.35. The molecule has 2 rings (SSSR count). The Bertz CT molecular complexity index is 482. The summed E-state index contributed by atoms with van der Waals surface area (Å²) >= 11 is 0. The SMILES string of the molecule is CC(=O)NCC1CCN(C(C(=O)O)c2ccccc2)CC1. The second kappa shape index (κ2) is 7.22. The minimum Gasteiger partial charge on any atom is -0.480 e. The fourth-order valence-corrected chi connectivity index (χ4v) is 2.85. The van der Waals surface area contributed by atoms with E-state index >= 15 is 0 Å². The van der Waals surface area contributed by atoms with E-state index in [0.717, 1.165) is 31.5 Å². The van der Waals surface area contributed by atoms with Crippen LogP contribution in [0.2, 0.25) is 0 Å². The highest BCUT2D eigenvalue weighted by atomic mass is 16.4. The number of amides is 1. The topological polar surface area (TPSA) is 69.6 Å². The number of nitrogens with one attached hydrogen (secondary N) is 1. The highest BCUT2D eigenvalue weighted by molar-refractivity contribution is 5.75. The molecular weight excluding hydrogens is 268 g/mol. The molecule has 114 valence electrons. The van der Waals surface area contributed by atoms with Gasteiger partial charge in [-0.25, -0.2) is 0 Å². The third-order valence-corrected chi connectivity index (χ3v) is 4.00. The molecule has 1 unspecified atom stereocenters. The molecule has 0 spiro atoms. The number of rotatable bonds is 5. The van der Waals surface area contributed by atoms with Gasteiger partial charge in [0.15, 0.2) is 0 Å². The zero-order chi connectivity index (χ0) is 15.2. The number of hydrogen-bond donors (Lipinski definition) is 2. The highest BCUT2D eigenvalue weighted by Gasteiger charge is 2.30. The maximum atomic E-state index is 11.6. The van der Waals surface area contributed by atoms with Gasteiger partial charge < -0.3 is 10.4 Å². The van der Waals surface area contributed by atoms with Crippen molar-refractivity contribution in [3.05, 3.63) is 35.9 Å². The first-order valence-corrected chi connectivity index (χ1v) is 7.34. The predicted molar refractivity (Wildman–Crippen MR) is 79.8 cm³/mol. The molecule has 0 radical (unpaired) electrons. The van der Waals surface area contributed by atoms with Crippen molar-refractivity contribution in [2.24, 2.45) is 5.92 Å². The van der Waals surface area contributed by atoms with Gasteiger partial charge >= 0.3 is 5.97 Å². The van der Waals surface area contributed by atoms with Crippen LogP contribution in [-0.4, -0.2) is 41.5 Å². The Hall–Kier alpha value is -1.88. The van der Waals surface area contributed by atoms with Crippen LogP contribution in [0, 0.1) is 5.92 Å². The number of aliphatic carboxylic acids is 1. The van der Waals surface area contributed by atoms with E-state index in [1.807, 2.05) is 35.2 Å². The number of nitrogens with zero attached hydrogens (tertiary/aromatic N) is 1. The molecule has 0 bridgehead atoms. The van der Waals surface area contributed by atoms with E-state index in [9.17, 15) is 14.7 Å². The molecule has 0 aliphatic carbocycles. The lowest BCUT2D eigenvalue weighted by atomic mass is 9.94. The molecule has 1 saturated heterocycles. The molecule has 5 heteroatoms. The molecule has 5 nitrogen and oxygen atoms in total. The molecule has 2 N–H and O–H groups in total. The fraction of sp³-hybridized carbons (Fsp3) is 0.500. The first-order valence-electron chi connectivity index (χ1n) is 7.34. The Balaban J connectivity index is 1.95. The summed E-state index contributed by atoms with van der Waals surface area (Å²) in [5.74, 6) is -0.373. The number of piperidine rings is 1. The number of carboxylic acids is 1. The summed E-state index contributed by atoms with van der Waals surface area (Å²) in [6, 6.07) is 8.78. The van der Waals surface area contributed by atoms with Crippen LogP contribution in [0.15, 0.2) is 30.3 Å². The van der Waals surface area contributed by atoms with E-state index in [0.29, 0.717) is 12.5 Å². The van der Waals surface area contributed by atoms with E-state index in [1.165, 1.54) is 6.92 Å². The van der Waals surface area contributed by atoms with Crippen molar-refractivity contribution in [2.75, 3.05) is 19.6 Å². The molecule has 1 atom stereocenters. The van der Waals surface area contributed by atoms with Gasteiger partial charge in [-0.15, -0.1) is 0 Å². The lowest BCUT2D eigenvalue weighted by molar-refractivity contribution is -0.144. The van der Waals surface area contributed by atoms with Crippen LogP contribution in [0.25, 0.3) is 0 Å². The van der Waals surface area contributed by atoms with Crippen molar-refractivity contribution in [3.63, 3.8) is 0 Å². The van der Waals surface area contributed by atoms with Crippen LogP contribution < -0.4 is 5.32 Å². The zero-order valence-electron chi connectivity index (χ0n) is 12.3. The molecule has 1 aliphatic rings. The number of carbonyl (C=O) groups excluding carboxylic acids is 1. The van der Waals surface area contributed by atoms with Crippen LogP contribution >= 0.6 is 0 Å². The summed E-state index contributed by atoms with van der Waals surface area (Å²) in [7, 11) is 0. The number of benzene rings is 1. The normalized spacial score (nSPS) is 18.1. The highest BCUT2D eigenvalue weighted by Crippen LogP contribution is 2.26. The van der Waals surface area contributed by atoms with Gasteiger partial charge in [-0.3, -0.25) is 14.5 Å². The van der Waals surface area contributed by atoms with E-state index in [2.05, 4.69) is 5.32 Å². The monoisotopic (exact) mass is 290 g/mol. The van der Waals surface area contributed by atoms with Gasteiger partial charge in [0, 0.05) is 13.5 Å².